The Morgan fingerprint density at radius 1 is 1.43 bits per heavy atom. The molecule has 0 amide bonds. The molecule has 0 aliphatic carbocycles. The van der Waals surface area contributed by atoms with E-state index in [0.29, 0.717) is 5.03 Å². The van der Waals surface area contributed by atoms with Crippen molar-refractivity contribution in [1.82, 2.24) is 4.98 Å². The molecule has 0 fully saturated rings. The van der Waals surface area contributed by atoms with Gasteiger partial charge in [0.1, 0.15) is 5.03 Å². The lowest BCUT2D eigenvalue weighted by molar-refractivity contribution is 0.673. The molecule has 1 atom stereocenters. The molecule has 0 saturated heterocycles. The first-order chi connectivity index (χ1) is 6.74. The molecule has 0 radical (unpaired) electrons. The van der Waals surface area contributed by atoms with Crippen molar-refractivity contribution in [3.63, 3.8) is 0 Å². The topological polar surface area (TPSA) is 30.0 Å². The van der Waals surface area contributed by atoms with Crippen LogP contribution >= 0.6 is 15.9 Å². The van der Waals surface area contributed by atoms with Crippen LogP contribution < -0.4 is 0 Å². The molecule has 1 heterocycles. The lowest BCUT2D eigenvalue weighted by Gasteiger charge is -2.00. The quantitative estimate of drug-likeness (QED) is 0.773. The Hall–Kier alpha value is -0.220. The second-order valence-corrected chi connectivity index (χ2v) is 5.50. The van der Waals surface area contributed by atoms with Crippen LogP contribution in [-0.4, -0.2) is 14.9 Å². The van der Waals surface area contributed by atoms with Crippen LogP contribution in [0, 0.1) is 0 Å². The van der Waals surface area contributed by atoms with E-state index in [1.807, 2.05) is 12.1 Å². The molecule has 0 aromatic carbocycles. The fraction of sp³-hybridized carbons (Fsp3) is 0.500. The summed E-state index contributed by atoms with van der Waals surface area (Å²) in [5.74, 6) is 0.725. The van der Waals surface area contributed by atoms with Crippen molar-refractivity contribution < 1.29 is 4.21 Å². The van der Waals surface area contributed by atoms with Crippen LogP contribution in [-0.2, 0) is 10.8 Å². The number of pyridine rings is 1. The standard InChI is InChI=1S/C10H14BrNOS/c1-2-3-4-7-14(13)10-6-5-9(11)8-12-10/h5-6,8H,2-4,7H2,1H3. The number of hydrogen-bond donors (Lipinski definition) is 0. The smallest absolute Gasteiger partial charge is 0.127 e. The van der Waals surface area contributed by atoms with Gasteiger partial charge in [-0.1, -0.05) is 19.8 Å². The van der Waals surface area contributed by atoms with Gasteiger partial charge in [0.25, 0.3) is 0 Å². The van der Waals surface area contributed by atoms with Crippen LogP contribution in [0.3, 0.4) is 0 Å². The first kappa shape index (κ1) is 11.9. The molecule has 2 nitrogen and oxygen atoms in total. The zero-order valence-electron chi connectivity index (χ0n) is 8.20. The molecule has 0 aliphatic rings. The normalized spacial score (nSPS) is 12.7. The van der Waals surface area contributed by atoms with Gasteiger partial charge in [0.15, 0.2) is 0 Å². The Bertz CT molecular complexity index is 299. The van der Waals surface area contributed by atoms with Crippen LogP contribution in [0.25, 0.3) is 0 Å². The summed E-state index contributed by atoms with van der Waals surface area (Å²) in [6, 6.07) is 3.69. The maximum atomic E-state index is 11.7. The molecule has 0 aliphatic heterocycles. The zero-order chi connectivity index (χ0) is 10.4. The number of hydrogen-bond acceptors (Lipinski definition) is 2. The first-order valence-electron chi connectivity index (χ1n) is 4.74. The van der Waals surface area contributed by atoms with Gasteiger partial charge in [-0.15, -0.1) is 0 Å². The highest BCUT2D eigenvalue weighted by molar-refractivity contribution is 9.10. The van der Waals surface area contributed by atoms with Crippen molar-refractivity contribution in [1.29, 1.82) is 0 Å². The fourth-order valence-electron chi connectivity index (χ4n) is 1.08. The first-order valence-corrected chi connectivity index (χ1v) is 6.85. The lowest BCUT2D eigenvalue weighted by atomic mass is 10.3. The highest BCUT2D eigenvalue weighted by atomic mass is 79.9. The molecule has 0 spiro atoms. The Morgan fingerprint density at radius 3 is 2.79 bits per heavy atom. The third-order valence-corrected chi connectivity index (χ3v) is 3.70. The molecule has 0 saturated carbocycles. The van der Waals surface area contributed by atoms with Crippen molar-refractivity contribution >= 4 is 26.7 Å². The number of nitrogens with zero attached hydrogens (tertiary/aromatic N) is 1. The van der Waals surface area contributed by atoms with E-state index in [1.54, 1.807) is 6.20 Å². The predicted octanol–water partition coefficient (Wildman–Crippen LogP) is 3.14. The fourth-order valence-corrected chi connectivity index (χ4v) is 2.38. The zero-order valence-corrected chi connectivity index (χ0v) is 10.6. The van der Waals surface area contributed by atoms with E-state index in [9.17, 15) is 4.21 Å². The van der Waals surface area contributed by atoms with E-state index in [2.05, 4.69) is 27.8 Å². The van der Waals surface area contributed by atoms with Gasteiger partial charge < -0.3 is 0 Å². The predicted molar refractivity (Wildman–Crippen MR) is 62.7 cm³/mol. The Labute approximate surface area is 95.7 Å². The summed E-state index contributed by atoms with van der Waals surface area (Å²) in [4.78, 5) is 4.11. The third-order valence-electron chi connectivity index (χ3n) is 1.87. The van der Waals surface area contributed by atoms with Crippen molar-refractivity contribution in [3.05, 3.63) is 22.8 Å². The van der Waals surface area contributed by atoms with Gasteiger partial charge >= 0.3 is 0 Å². The van der Waals surface area contributed by atoms with E-state index in [-0.39, 0.29) is 0 Å². The van der Waals surface area contributed by atoms with Gasteiger partial charge in [-0.3, -0.25) is 4.21 Å². The van der Waals surface area contributed by atoms with E-state index in [1.165, 1.54) is 0 Å². The maximum absolute atomic E-state index is 11.7. The van der Waals surface area contributed by atoms with Gasteiger partial charge in [0, 0.05) is 16.4 Å². The molecule has 78 valence electrons. The summed E-state index contributed by atoms with van der Waals surface area (Å²) in [5, 5.41) is 0.685. The Kier molecular flexibility index (Phi) is 5.33. The Balaban J connectivity index is 2.48. The van der Waals surface area contributed by atoms with E-state index in [4.69, 9.17) is 0 Å². The summed E-state index contributed by atoms with van der Waals surface area (Å²) in [7, 11) is -0.925. The minimum atomic E-state index is -0.925. The minimum absolute atomic E-state index is 0.685. The molecular formula is C10H14BrNOS. The molecule has 1 rings (SSSR count). The van der Waals surface area contributed by atoms with Gasteiger partial charge in [-0.05, 0) is 34.5 Å². The average Bonchev–Trinajstić information content (AvgIpc) is 2.19. The third kappa shape index (κ3) is 3.88. The van der Waals surface area contributed by atoms with Gasteiger partial charge in [0.2, 0.25) is 0 Å². The van der Waals surface area contributed by atoms with Gasteiger partial charge in [-0.2, -0.15) is 0 Å². The van der Waals surface area contributed by atoms with Crippen LogP contribution in [0.1, 0.15) is 26.2 Å². The molecule has 1 aromatic rings. The minimum Gasteiger partial charge on any atom is -0.253 e. The lowest BCUT2D eigenvalue weighted by Crippen LogP contribution is -2.00. The van der Waals surface area contributed by atoms with Crippen molar-refractivity contribution in [2.75, 3.05) is 5.75 Å². The van der Waals surface area contributed by atoms with Crippen molar-refractivity contribution in [3.8, 4) is 0 Å². The van der Waals surface area contributed by atoms with E-state index >= 15 is 0 Å². The molecule has 0 bridgehead atoms. The molecule has 14 heavy (non-hydrogen) atoms. The molecule has 4 heteroatoms. The van der Waals surface area contributed by atoms with Gasteiger partial charge in [0.05, 0.1) is 10.8 Å². The molecule has 1 aromatic heterocycles. The van der Waals surface area contributed by atoms with Crippen LogP contribution in [0.2, 0.25) is 0 Å². The van der Waals surface area contributed by atoms with Gasteiger partial charge in [-0.25, -0.2) is 4.98 Å². The largest absolute Gasteiger partial charge is 0.253 e. The molecule has 1 unspecified atom stereocenters. The monoisotopic (exact) mass is 275 g/mol. The van der Waals surface area contributed by atoms with Crippen LogP contribution in [0.15, 0.2) is 27.8 Å². The second kappa shape index (κ2) is 6.30. The number of aromatic nitrogens is 1. The number of unbranched alkanes of at least 4 members (excludes halogenated alkanes) is 2. The highest BCUT2D eigenvalue weighted by Gasteiger charge is 2.03. The van der Waals surface area contributed by atoms with Crippen LogP contribution in [0.5, 0.6) is 0 Å². The van der Waals surface area contributed by atoms with E-state index < -0.39 is 10.8 Å². The number of halogens is 1. The number of rotatable bonds is 5. The summed E-state index contributed by atoms with van der Waals surface area (Å²) < 4.78 is 12.6. The Morgan fingerprint density at radius 2 is 2.21 bits per heavy atom. The van der Waals surface area contributed by atoms with E-state index in [0.717, 1.165) is 29.5 Å². The second-order valence-electron chi connectivity index (χ2n) is 3.07. The highest BCUT2D eigenvalue weighted by Crippen LogP contribution is 2.11. The summed E-state index contributed by atoms with van der Waals surface area (Å²) >= 11 is 3.30. The SMILES string of the molecule is CCCCCS(=O)c1ccc(Br)cn1. The van der Waals surface area contributed by atoms with Crippen molar-refractivity contribution in [2.45, 2.75) is 31.2 Å². The molecule has 0 N–H and O–H groups in total. The average molecular weight is 276 g/mol. The summed E-state index contributed by atoms with van der Waals surface area (Å²) in [5.41, 5.74) is 0. The van der Waals surface area contributed by atoms with Crippen LogP contribution in [0.4, 0.5) is 0 Å². The maximum Gasteiger partial charge on any atom is 0.127 e. The summed E-state index contributed by atoms with van der Waals surface area (Å²) in [6.07, 6.45) is 5.00. The summed E-state index contributed by atoms with van der Waals surface area (Å²) in [6.45, 7) is 2.14. The van der Waals surface area contributed by atoms with Crippen molar-refractivity contribution in [2.24, 2.45) is 0 Å². The molecular weight excluding hydrogens is 262 g/mol.